The number of fused-ring (bicyclic) bond motifs is 1. The van der Waals surface area contributed by atoms with Crippen LogP contribution in [0.25, 0.3) is 11.1 Å². The number of benzene rings is 2. The summed E-state index contributed by atoms with van der Waals surface area (Å²) in [5.41, 5.74) is 2.53. The van der Waals surface area contributed by atoms with E-state index in [1.54, 1.807) is 31.2 Å². The summed E-state index contributed by atoms with van der Waals surface area (Å²) in [5.74, 6) is -0.358. The number of nitrogens with one attached hydrogen (secondary N) is 1. The average molecular weight is 404 g/mol. The molecule has 0 aliphatic heterocycles. The number of anilines is 1. The van der Waals surface area contributed by atoms with Gasteiger partial charge in [-0.1, -0.05) is 19.1 Å². The van der Waals surface area contributed by atoms with Gasteiger partial charge in [0, 0.05) is 0 Å². The molecule has 0 radical (unpaired) electrons. The standard InChI is InChI=1S/C19H20N2O6S/c1-2-28(25,26)15-5-3-12(4-6-15)7-18(24)21-19-20-16-8-13(10-22)14(11-23)9-17(16)27-19/h3-6,8-9,22-23H,2,7,10-11H2,1H3,(H,20,21,24). The molecule has 3 rings (SSSR count). The van der Waals surface area contributed by atoms with Gasteiger partial charge in [-0.2, -0.15) is 4.98 Å². The van der Waals surface area contributed by atoms with Crippen LogP contribution in [0.5, 0.6) is 0 Å². The molecule has 0 aliphatic carbocycles. The summed E-state index contributed by atoms with van der Waals surface area (Å²) >= 11 is 0. The number of sulfone groups is 1. The summed E-state index contributed by atoms with van der Waals surface area (Å²) in [5, 5.41) is 21.2. The summed E-state index contributed by atoms with van der Waals surface area (Å²) < 4.78 is 29.1. The Bertz CT molecular complexity index is 1060. The van der Waals surface area contributed by atoms with Crippen LogP contribution in [0, 0.1) is 0 Å². The van der Waals surface area contributed by atoms with Crippen LogP contribution in [0.3, 0.4) is 0 Å². The molecule has 3 aromatic rings. The van der Waals surface area contributed by atoms with Gasteiger partial charge in [-0.05, 0) is 41.0 Å². The molecule has 1 aromatic heterocycles. The fourth-order valence-electron chi connectivity index (χ4n) is 2.74. The number of aromatic nitrogens is 1. The number of nitrogens with zero attached hydrogens (tertiary/aromatic N) is 1. The molecule has 0 bridgehead atoms. The molecule has 0 saturated heterocycles. The van der Waals surface area contributed by atoms with E-state index in [1.165, 1.54) is 12.1 Å². The highest BCUT2D eigenvalue weighted by Crippen LogP contribution is 2.24. The van der Waals surface area contributed by atoms with E-state index < -0.39 is 9.84 Å². The summed E-state index contributed by atoms with van der Waals surface area (Å²) in [6.45, 7) is 1.08. The highest BCUT2D eigenvalue weighted by Gasteiger charge is 2.14. The number of oxazole rings is 1. The molecule has 0 atom stereocenters. The van der Waals surface area contributed by atoms with Gasteiger partial charge in [0.15, 0.2) is 15.4 Å². The van der Waals surface area contributed by atoms with Gasteiger partial charge in [-0.3, -0.25) is 10.1 Å². The third-order valence-corrected chi connectivity index (χ3v) is 6.07. The second-order valence-corrected chi connectivity index (χ2v) is 8.47. The molecule has 0 aliphatic rings. The third-order valence-electron chi connectivity index (χ3n) is 4.32. The number of carbonyl (C=O) groups excluding carboxylic acids is 1. The highest BCUT2D eigenvalue weighted by molar-refractivity contribution is 7.91. The van der Waals surface area contributed by atoms with Gasteiger partial charge in [-0.25, -0.2) is 8.42 Å². The number of aliphatic hydroxyl groups is 2. The Balaban J connectivity index is 1.72. The van der Waals surface area contributed by atoms with Crippen molar-refractivity contribution in [2.24, 2.45) is 0 Å². The van der Waals surface area contributed by atoms with Crippen molar-refractivity contribution in [3.05, 3.63) is 53.1 Å². The molecule has 0 unspecified atom stereocenters. The molecular weight excluding hydrogens is 384 g/mol. The molecule has 3 N–H and O–H groups in total. The lowest BCUT2D eigenvalue weighted by Gasteiger charge is -2.04. The first kappa shape index (κ1) is 20.0. The zero-order chi connectivity index (χ0) is 20.3. The number of carbonyl (C=O) groups is 1. The van der Waals surface area contributed by atoms with E-state index in [2.05, 4.69) is 10.3 Å². The Kier molecular flexibility index (Phi) is 5.78. The molecule has 0 fully saturated rings. The topological polar surface area (TPSA) is 130 Å². The third kappa shape index (κ3) is 4.22. The monoisotopic (exact) mass is 404 g/mol. The lowest BCUT2D eigenvalue weighted by molar-refractivity contribution is -0.115. The maximum Gasteiger partial charge on any atom is 0.302 e. The molecule has 1 heterocycles. The summed E-state index contributed by atoms with van der Waals surface area (Å²) in [4.78, 5) is 16.6. The first-order chi connectivity index (χ1) is 13.4. The fraction of sp³-hybridized carbons (Fsp3) is 0.263. The van der Waals surface area contributed by atoms with E-state index in [9.17, 15) is 23.4 Å². The molecule has 9 heteroatoms. The van der Waals surface area contributed by atoms with Crippen molar-refractivity contribution < 1.29 is 27.8 Å². The van der Waals surface area contributed by atoms with Gasteiger partial charge in [0.2, 0.25) is 5.91 Å². The molecule has 0 saturated carbocycles. The van der Waals surface area contributed by atoms with E-state index in [-0.39, 0.29) is 42.2 Å². The Labute approximate surface area is 161 Å². The van der Waals surface area contributed by atoms with Crippen molar-refractivity contribution in [1.82, 2.24) is 4.98 Å². The fourth-order valence-corrected chi connectivity index (χ4v) is 3.62. The minimum absolute atomic E-state index is 0.00385. The summed E-state index contributed by atoms with van der Waals surface area (Å²) in [6.07, 6.45) is 0.0228. The van der Waals surface area contributed by atoms with Crippen LogP contribution in [-0.4, -0.2) is 35.3 Å². The number of amides is 1. The Morgan fingerprint density at radius 1 is 1.11 bits per heavy atom. The first-order valence-electron chi connectivity index (χ1n) is 8.62. The second kappa shape index (κ2) is 8.09. The van der Waals surface area contributed by atoms with Crippen molar-refractivity contribution in [1.29, 1.82) is 0 Å². The number of hydrogen-bond donors (Lipinski definition) is 3. The molecule has 28 heavy (non-hydrogen) atoms. The largest absolute Gasteiger partial charge is 0.423 e. The Hall–Kier alpha value is -2.75. The number of hydrogen-bond acceptors (Lipinski definition) is 7. The highest BCUT2D eigenvalue weighted by atomic mass is 32.2. The SMILES string of the molecule is CCS(=O)(=O)c1ccc(CC(=O)Nc2nc3cc(CO)c(CO)cc3o2)cc1. The van der Waals surface area contributed by atoms with Crippen LogP contribution in [0.15, 0.2) is 45.7 Å². The average Bonchev–Trinajstić information content (AvgIpc) is 3.07. The van der Waals surface area contributed by atoms with E-state index in [4.69, 9.17) is 4.42 Å². The van der Waals surface area contributed by atoms with Crippen LogP contribution in [-0.2, 0) is 34.3 Å². The van der Waals surface area contributed by atoms with Crippen molar-refractivity contribution in [2.45, 2.75) is 31.5 Å². The minimum atomic E-state index is -3.28. The van der Waals surface area contributed by atoms with Crippen molar-refractivity contribution in [3.8, 4) is 0 Å². The lowest BCUT2D eigenvalue weighted by Crippen LogP contribution is -2.14. The Morgan fingerprint density at radius 2 is 1.75 bits per heavy atom. The van der Waals surface area contributed by atoms with Crippen LogP contribution in [0.4, 0.5) is 6.01 Å². The minimum Gasteiger partial charge on any atom is -0.423 e. The normalized spacial score (nSPS) is 11.7. The van der Waals surface area contributed by atoms with E-state index in [0.717, 1.165) is 0 Å². The van der Waals surface area contributed by atoms with Gasteiger partial charge in [0.25, 0.3) is 0 Å². The van der Waals surface area contributed by atoms with E-state index in [1.807, 2.05) is 0 Å². The second-order valence-electron chi connectivity index (χ2n) is 6.20. The maximum absolute atomic E-state index is 12.2. The molecule has 0 spiro atoms. The van der Waals surface area contributed by atoms with Crippen LogP contribution >= 0.6 is 0 Å². The van der Waals surface area contributed by atoms with E-state index in [0.29, 0.717) is 27.8 Å². The van der Waals surface area contributed by atoms with Gasteiger partial charge in [-0.15, -0.1) is 0 Å². The number of aliphatic hydroxyl groups excluding tert-OH is 2. The molecular formula is C19H20N2O6S. The lowest BCUT2D eigenvalue weighted by atomic mass is 10.1. The molecule has 148 valence electrons. The maximum atomic E-state index is 12.2. The van der Waals surface area contributed by atoms with Crippen LogP contribution < -0.4 is 5.32 Å². The predicted molar refractivity (Wildman–Crippen MR) is 102 cm³/mol. The zero-order valence-electron chi connectivity index (χ0n) is 15.2. The summed E-state index contributed by atoms with van der Waals surface area (Å²) in [6, 6.07) is 9.30. The van der Waals surface area contributed by atoms with Crippen LogP contribution in [0.2, 0.25) is 0 Å². The zero-order valence-corrected chi connectivity index (χ0v) is 16.0. The Morgan fingerprint density at radius 3 is 2.36 bits per heavy atom. The smallest absolute Gasteiger partial charge is 0.302 e. The quantitative estimate of drug-likeness (QED) is 0.547. The van der Waals surface area contributed by atoms with Crippen molar-refractivity contribution in [3.63, 3.8) is 0 Å². The van der Waals surface area contributed by atoms with Crippen molar-refractivity contribution in [2.75, 3.05) is 11.1 Å². The van der Waals surface area contributed by atoms with Crippen molar-refractivity contribution >= 4 is 32.9 Å². The van der Waals surface area contributed by atoms with Gasteiger partial charge in [0.05, 0.1) is 30.3 Å². The van der Waals surface area contributed by atoms with Gasteiger partial charge < -0.3 is 14.6 Å². The van der Waals surface area contributed by atoms with E-state index >= 15 is 0 Å². The van der Waals surface area contributed by atoms with Gasteiger partial charge in [0.1, 0.15) is 5.52 Å². The number of rotatable bonds is 7. The molecule has 1 amide bonds. The van der Waals surface area contributed by atoms with Crippen LogP contribution in [0.1, 0.15) is 23.6 Å². The molecule has 8 nitrogen and oxygen atoms in total. The molecule has 2 aromatic carbocycles. The predicted octanol–water partition coefficient (Wildman–Crippen LogP) is 1.79. The summed E-state index contributed by atoms with van der Waals surface area (Å²) in [7, 11) is -3.28. The first-order valence-corrected chi connectivity index (χ1v) is 10.3. The van der Waals surface area contributed by atoms with Gasteiger partial charge >= 0.3 is 6.01 Å².